The van der Waals surface area contributed by atoms with Gasteiger partial charge >= 0.3 is 6.09 Å². The monoisotopic (exact) mass is 380 g/mol. The quantitative estimate of drug-likeness (QED) is 0.797. The molecule has 3 fully saturated rings. The zero-order valence-corrected chi connectivity index (χ0v) is 17.5. The summed E-state index contributed by atoms with van der Waals surface area (Å²) in [5.74, 6) is -0.507. The van der Waals surface area contributed by atoms with Crippen LogP contribution in [-0.4, -0.2) is 64.3 Å². The maximum absolute atomic E-state index is 13.7. The highest BCUT2D eigenvalue weighted by Gasteiger charge is 2.55. The van der Waals surface area contributed by atoms with E-state index < -0.39 is 17.6 Å². The molecule has 0 bridgehead atoms. The summed E-state index contributed by atoms with van der Waals surface area (Å²) in [6.45, 7) is 12.1. The van der Waals surface area contributed by atoms with Crippen molar-refractivity contribution in [1.29, 1.82) is 0 Å². The van der Waals surface area contributed by atoms with Gasteiger partial charge < -0.3 is 9.84 Å². The average molecular weight is 381 g/mol. The number of carbonyl (C=O) groups excluding carboxylic acids is 2. The number of imide groups is 1. The highest BCUT2D eigenvalue weighted by Crippen LogP contribution is 2.43. The van der Waals surface area contributed by atoms with Gasteiger partial charge in [0.2, 0.25) is 5.91 Å². The molecule has 2 aliphatic heterocycles. The van der Waals surface area contributed by atoms with Gasteiger partial charge in [0.25, 0.3) is 0 Å². The van der Waals surface area contributed by atoms with Crippen molar-refractivity contribution in [3.05, 3.63) is 0 Å². The minimum absolute atomic E-state index is 0.0226. The maximum atomic E-state index is 13.7. The Morgan fingerprint density at radius 2 is 1.85 bits per heavy atom. The molecule has 154 valence electrons. The molecule has 2 amide bonds. The van der Waals surface area contributed by atoms with Crippen LogP contribution in [0.3, 0.4) is 0 Å². The molecule has 6 nitrogen and oxygen atoms in total. The van der Waals surface area contributed by atoms with E-state index in [1.807, 2.05) is 20.8 Å². The molecule has 0 radical (unpaired) electrons. The Bertz CT molecular complexity index is 577. The van der Waals surface area contributed by atoms with Crippen molar-refractivity contribution >= 4 is 12.0 Å². The van der Waals surface area contributed by atoms with Gasteiger partial charge in [-0.05, 0) is 57.0 Å². The summed E-state index contributed by atoms with van der Waals surface area (Å²) in [6.07, 6.45) is 4.38. The molecule has 1 N–H and O–H groups in total. The summed E-state index contributed by atoms with van der Waals surface area (Å²) in [7, 11) is 0. The Morgan fingerprint density at radius 1 is 1.22 bits per heavy atom. The summed E-state index contributed by atoms with van der Waals surface area (Å²) >= 11 is 0. The van der Waals surface area contributed by atoms with Crippen LogP contribution in [0.2, 0.25) is 0 Å². The molecule has 2 saturated heterocycles. The first kappa shape index (κ1) is 20.6. The number of nitrogens with zero attached hydrogens (tertiary/aromatic N) is 2. The lowest BCUT2D eigenvalue weighted by Gasteiger charge is -2.50. The second kappa shape index (κ2) is 7.36. The first-order chi connectivity index (χ1) is 12.5. The van der Waals surface area contributed by atoms with Gasteiger partial charge in [-0.2, -0.15) is 0 Å². The van der Waals surface area contributed by atoms with Crippen LogP contribution in [0.4, 0.5) is 4.79 Å². The first-order valence-electron chi connectivity index (χ1n) is 10.5. The summed E-state index contributed by atoms with van der Waals surface area (Å²) in [6, 6.07) is -0.319. The van der Waals surface area contributed by atoms with Crippen molar-refractivity contribution in [2.45, 2.75) is 84.4 Å². The standard InChI is InChI=1S/C21H36N2O4/c1-14-11-15(22-9-7-6-8-10-22)17(21(5,26)12-14)18(24)23-16(20(2,3)4)13-27-19(23)25/h14-17,26H,6-13H2,1-5H3/t14-,15+,16+,17+,21+/m0/s1. The topological polar surface area (TPSA) is 70.1 Å². The zero-order chi connectivity index (χ0) is 20.0. The van der Waals surface area contributed by atoms with E-state index in [2.05, 4.69) is 11.8 Å². The number of amides is 2. The molecule has 1 saturated carbocycles. The predicted octanol–water partition coefficient (Wildman–Crippen LogP) is 3.03. The second-order valence-corrected chi connectivity index (χ2v) is 10.2. The lowest BCUT2D eigenvalue weighted by Crippen LogP contribution is -2.62. The summed E-state index contributed by atoms with van der Waals surface area (Å²) < 4.78 is 5.26. The van der Waals surface area contributed by atoms with Gasteiger partial charge in [0, 0.05) is 6.04 Å². The first-order valence-corrected chi connectivity index (χ1v) is 10.5. The van der Waals surface area contributed by atoms with Gasteiger partial charge in [-0.25, -0.2) is 9.69 Å². The van der Waals surface area contributed by atoms with Crippen molar-refractivity contribution in [1.82, 2.24) is 9.80 Å². The van der Waals surface area contributed by atoms with Crippen molar-refractivity contribution in [3.8, 4) is 0 Å². The summed E-state index contributed by atoms with van der Waals surface area (Å²) in [4.78, 5) is 29.8. The third-order valence-corrected chi connectivity index (χ3v) is 6.70. The fourth-order valence-electron chi connectivity index (χ4n) is 5.37. The van der Waals surface area contributed by atoms with Gasteiger partial charge in [-0.1, -0.05) is 34.1 Å². The minimum atomic E-state index is -1.12. The van der Waals surface area contributed by atoms with Crippen molar-refractivity contribution in [2.75, 3.05) is 19.7 Å². The van der Waals surface area contributed by atoms with Crippen LogP contribution in [0.15, 0.2) is 0 Å². The minimum Gasteiger partial charge on any atom is -0.447 e. The highest BCUT2D eigenvalue weighted by molar-refractivity contribution is 5.96. The number of cyclic esters (lactones) is 1. The zero-order valence-electron chi connectivity index (χ0n) is 17.5. The van der Waals surface area contributed by atoms with Gasteiger partial charge in [-0.3, -0.25) is 9.69 Å². The number of ether oxygens (including phenoxy) is 1. The second-order valence-electron chi connectivity index (χ2n) is 10.2. The number of likely N-dealkylation sites (tertiary alicyclic amines) is 1. The molecule has 3 rings (SSSR count). The van der Waals surface area contributed by atoms with E-state index in [4.69, 9.17) is 4.74 Å². The Morgan fingerprint density at radius 3 is 2.44 bits per heavy atom. The summed E-state index contributed by atoms with van der Waals surface area (Å²) in [5.41, 5.74) is -1.39. The molecule has 0 aromatic heterocycles. The molecule has 1 aliphatic carbocycles. The SMILES string of the molecule is C[C@H]1C[C@@H](N2CCCCC2)[C@H](C(=O)N2C(=O)OC[C@@H]2C(C)(C)C)[C@](C)(O)C1. The average Bonchev–Trinajstić information content (AvgIpc) is 2.95. The lowest BCUT2D eigenvalue weighted by atomic mass is 9.67. The number of hydrogen-bond donors (Lipinski definition) is 1. The number of carbonyl (C=O) groups is 2. The van der Waals surface area contributed by atoms with Crippen molar-refractivity contribution in [3.63, 3.8) is 0 Å². The van der Waals surface area contributed by atoms with E-state index in [1.54, 1.807) is 6.92 Å². The van der Waals surface area contributed by atoms with Crippen LogP contribution >= 0.6 is 0 Å². The van der Waals surface area contributed by atoms with Crippen LogP contribution < -0.4 is 0 Å². The van der Waals surface area contributed by atoms with Crippen LogP contribution in [0.25, 0.3) is 0 Å². The molecular weight excluding hydrogens is 344 g/mol. The molecule has 0 spiro atoms. The number of piperidine rings is 1. The van der Waals surface area contributed by atoms with E-state index in [0.29, 0.717) is 12.3 Å². The van der Waals surface area contributed by atoms with E-state index >= 15 is 0 Å². The molecule has 0 aromatic rings. The third-order valence-electron chi connectivity index (χ3n) is 6.70. The molecule has 5 atom stereocenters. The molecular formula is C21H36N2O4. The number of rotatable bonds is 2. The van der Waals surface area contributed by atoms with E-state index in [-0.39, 0.29) is 30.0 Å². The Hall–Kier alpha value is -1.14. The highest BCUT2D eigenvalue weighted by atomic mass is 16.6. The lowest BCUT2D eigenvalue weighted by molar-refractivity contribution is -0.157. The number of aliphatic hydroxyl groups is 1. The van der Waals surface area contributed by atoms with Gasteiger partial charge in [0.05, 0.1) is 17.6 Å². The van der Waals surface area contributed by atoms with Crippen LogP contribution in [0.5, 0.6) is 0 Å². The van der Waals surface area contributed by atoms with Gasteiger partial charge in [0.15, 0.2) is 0 Å². The van der Waals surface area contributed by atoms with Gasteiger partial charge in [0.1, 0.15) is 6.61 Å². The molecule has 6 heteroatoms. The van der Waals surface area contributed by atoms with Crippen molar-refractivity contribution in [2.24, 2.45) is 17.3 Å². The van der Waals surface area contributed by atoms with Crippen LogP contribution in [0, 0.1) is 17.3 Å². The fourth-order valence-corrected chi connectivity index (χ4v) is 5.37. The Labute approximate surface area is 163 Å². The molecule has 2 heterocycles. The maximum Gasteiger partial charge on any atom is 0.417 e. The van der Waals surface area contributed by atoms with Crippen LogP contribution in [-0.2, 0) is 9.53 Å². The van der Waals surface area contributed by atoms with Crippen LogP contribution in [0.1, 0.15) is 66.7 Å². The number of hydrogen-bond acceptors (Lipinski definition) is 5. The normalized spacial score (nSPS) is 38.7. The molecule has 27 heavy (non-hydrogen) atoms. The Kier molecular flexibility index (Phi) is 5.61. The Balaban J connectivity index is 1.93. The van der Waals surface area contributed by atoms with Gasteiger partial charge in [-0.15, -0.1) is 0 Å². The van der Waals surface area contributed by atoms with E-state index in [1.165, 1.54) is 11.3 Å². The summed E-state index contributed by atoms with van der Waals surface area (Å²) in [5, 5.41) is 11.3. The smallest absolute Gasteiger partial charge is 0.417 e. The van der Waals surface area contributed by atoms with Crippen molar-refractivity contribution < 1.29 is 19.4 Å². The van der Waals surface area contributed by atoms with E-state index in [9.17, 15) is 14.7 Å². The third kappa shape index (κ3) is 4.02. The molecule has 3 aliphatic rings. The van der Waals surface area contributed by atoms with E-state index in [0.717, 1.165) is 32.4 Å². The molecule has 0 aromatic carbocycles. The molecule has 0 unspecified atom stereocenters. The predicted molar refractivity (Wildman–Crippen MR) is 103 cm³/mol. The fraction of sp³-hybridized carbons (Fsp3) is 0.905. The largest absolute Gasteiger partial charge is 0.447 e.